The quantitative estimate of drug-likeness (QED) is 0.430. The van der Waals surface area contributed by atoms with Crippen molar-refractivity contribution in [3.8, 4) is 5.75 Å². The van der Waals surface area contributed by atoms with Crippen LogP contribution in [-0.4, -0.2) is 49.2 Å². The van der Waals surface area contributed by atoms with E-state index in [1.54, 1.807) is 20.8 Å². The zero-order chi connectivity index (χ0) is 23.9. The molecule has 1 fully saturated rings. The average molecular weight is 447 g/mol. The smallest absolute Gasteiger partial charge is 0.408 e. The molecule has 180 valence electrons. The Morgan fingerprint density at radius 1 is 1.19 bits per heavy atom. The lowest BCUT2D eigenvalue weighted by atomic mass is 9.75. The van der Waals surface area contributed by atoms with Gasteiger partial charge in [-0.15, -0.1) is 0 Å². The number of nitrogens with one attached hydrogen (secondary N) is 1. The Morgan fingerprint density at radius 3 is 2.50 bits per heavy atom. The summed E-state index contributed by atoms with van der Waals surface area (Å²) in [6.45, 7) is 10.4. The normalized spacial score (nSPS) is 21.0. The molecule has 1 aromatic rings. The van der Waals surface area contributed by atoms with E-state index in [1.165, 1.54) is 24.8 Å². The van der Waals surface area contributed by atoms with Crippen LogP contribution >= 0.6 is 0 Å². The van der Waals surface area contributed by atoms with Crippen LogP contribution < -0.4 is 10.1 Å². The highest BCUT2D eigenvalue weighted by Gasteiger charge is 2.31. The van der Waals surface area contributed by atoms with E-state index in [-0.39, 0.29) is 5.92 Å². The van der Waals surface area contributed by atoms with Crippen molar-refractivity contribution in [2.45, 2.75) is 84.3 Å². The molecule has 6 nitrogen and oxygen atoms in total. The topological polar surface area (TPSA) is 67.9 Å². The number of hydrogen-bond donors (Lipinski definition) is 1. The number of benzene rings is 1. The summed E-state index contributed by atoms with van der Waals surface area (Å²) in [6, 6.07) is 7.14. The molecule has 4 atom stereocenters. The Kier molecular flexibility index (Phi) is 9.56. The molecule has 6 heteroatoms. The second-order valence-electron chi connectivity index (χ2n) is 10.4. The molecule has 0 radical (unpaired) electrons. The van der Waals surface area contributed by atoms with Crippen molar-refractivity contribution in [1.29, 1.82) is 0 Å². The molecule has 0 spiro atoms. The zero-order valence-electron chi connectivity index (χ0n) is 20.9. The van der Waals surface area contributed by atoms with Crippen molar-refractivity contribution in [3.63, 3.8) is 0 Å². The van der Waals surface area contributed by atoms with Crippen LogP contribution in [0, 0.1) is 11.8 Å². The Labute approximate surface area is 194 Å². The van der Waals surface area contributed by atoms with Gasteiger partial charge in [-0.1, -0.05) is 45.2 Å². The summed E-state index contributed by atoms with van der Waals surface area (Å²) in [5, 5.41) is 2.71. The van der Waals surface area contributed by atoms with Crippen molar-refractivity contribution in [3.05, 3.63) is 29.8 Å². The average Bonchev–Trinajstić information content (AvgIpc) is 2.70. The van der Waals surface area contributed by atoms with E-state index in [1.807, 2.05) is 32.0 Å². The summed E-state index contributed by atoms with van der Waals surface area (Å²) < 4.78 is 11.1. The van der Waals surface area contributed by atoms with Gasteiger partial charge in [0.1, 0.15) is 17.4 Å². The van der Waals surface area contributed by atoms with Gasteiger partial charge in [0.2, 0.25) is 0 Å². The first-order chi connectivity index (χ1) is 15.0. The third kappa shape index (κ3) is 8.12. The van der Waals surface area contributed by atoms with Crippen molar-refractivity contribution < 1.29 is 19.1 Å². The maximum atomic E-state index is 13.0. The third-order valence-corrected chi connectivity index (χ3v) is 6.15. The van der Waals surface area contributed by atoms with Crippen molar-refractivity contribution in [2.24, 2.45) is 11.8 Å². The molecule has 1 amide bonds. The highest BCUT2D eigenvalue weighted by atomic mass is 16.6. The molecule has 1 saturated carbocycles. The van der Waals surface area contributed by atoms with Crippen LogP contribution in [0.4, 0.5) is 4.79 Å². The number of nitrogens with zero attached hydrogens (tertiary/aromatic N) is 1. The molecule has 0 aliphatic heterocycles. The summed E-state index contributed by atoms with van der Waals surface area (Å²) in [4.78, 5) is 27.6. The molecule has 0 unspecified atom stereocenters. The summed E-state index contributed by atoms with van der Waals surface area (Å²) in [6.07, 6.45) is 5.01. The Balaban J connectivity index is 2.14. The van der Waals surface area contributed by atoms with Gasteiger partial charge in [0.15, 0.2) is 0 Å². The molecular formula is C26H42N2O4. The molecule has 0 saturated heterocycles. The van der Waals surface area contributed by atoms with Crippen LogP contribution in [0.5, 0.6) is 5.75 Å². The Morgan fingerprint density at radius 2 is 1.88 bits per heavy atom. The zero-order valence-corrected chi connectivity index (χ0v) is 20.9. The standard InChI is InChI=1S/C26H42N2O4/c1-8-18(2)23(27-25(30)32-26(3,4)5)24(29)31-21-14-11-13-19(16-21)22-15-10-9-12-20(22)17-28(6)7/h11,13-14,16,18,20,22-23H,8-10,12,15,17H2,1-7H3,(H,27,30)/t18-,20+,22-,23-/m0/s1. The molecular weight excluding hydrogens is 404 g/mol. The summed E-state index contributed by atoms with van der Waals surface area (Å²) in [5.41, 5.74) is 0.591. The van der Waals surface area contributed by atoms with E-state index in [4.69, 9.17) is 9.47 Å². The maximum absolute atomic E-state index is 13.0. The monoisotopic (exact) mass is 446 g/mol. The van der Waals surface area contributed by atoms with Gasteiger partial charge in [-0.25, -0.2) is 9.59 Å². The first-order valence-electron chi connectivity index (χ1n) is 12.0. The van der Waals surface area contributed by atoms with Gasteiger partial charge in [0.05, 0.1) is 0 Å². The fourth-order valence-electron chi connectivity index (χ4n) is 4.43. The molecule has 1 aliphatic rings. The minimum absolute atomic E-state index is 0.0824. The van der Waals surface area contributed by atoms with Gasteiger partial charge in [-0.2, -0.15) is 0 Å². The van der Waals surface area contributed by atoms with E-state index in [2.05, 4.69) is 30.4 Å². The number of hydrogen-bond acceptors (Lipinski definition) is 5. The van der Waals surface area contributed by atoms with Gasteiger partial charge in [-0.3, -0.25) is 0 Å². The second kappa shape index (κ2) is 11.7. The van der Waals surface area contributed by atoms with Gasteiger partial charge < -0.3 is 19.7 Å². The van der Waals surface area contributed by atoms with Gasteiger partial charge in [-0.05, 0) is 83.2 Å². The molecule has 2 rings (SSSR count). The summed E-state index contributed by atoms with van der Waals surface area (Å²) in [7, 11) is 4.24. The van der Waals surface area contributed by atoms with E-state index < -0.39 is 23.7 Å². The molecule has 0 heterocycles. The molecule has 1 aliphatic carbocycles. The third-order valence-electron chi connectivity index (χ3n) is 6.15. The van der Waals surface area contributed by atoms with E-state index >= 15 is 0 Å². The number of amides is 1. The molecule has 0 bridgehead atoms. The van der Waals surface area contributed by atoms with Crippen molar-refractivity contribution >= 4 is 12.1 Å². The van der Waals surface area contributed by atoms with Crippen molar-refractivity contribution in [1.82, 2.24) is 10.2 Å². The second-order valence-corrected chi connectivity index (χ2v) is 10.4. The SMILES string of the molecule is CC[C@H](C)[C@H](NC(=O)OC(C)(C)C)C(=O)Oc1cccc([C@@H]2CCCC[C@@H]2CN(C)C)c1. The van der Waals surface area contributed by atoms with Crippen LogP contribution in [0.2, 0.25) is 0 Å². The fourth-order valence-corrected chi connectivity index (χ4v) is 4.43. The number of alkyl carbamates (subject to hydrolysis) is 1. The van der Waals surface area contributed by atoms with Crippen LogP contribution in [0.15, 0.2) is 24.3 Å². The lowest BCUT2D eigenvalue weighted by Crippen LogP contribution is -2.48. The number of rotatable bonds is 8. The summed E-state index contributed by atoms with van der Waals surface area (Å²) in [5.74, 6) is 1.05. The fraction of sp³-hybridized carbons (Fsp3) is 0.692. The van der Waals surface area contributed by atoms with Gasteiger partial charge in [0, 0.05) is 6.54 Å². The summed E-state index contributed by atoms with van der Waals surface area (Å²) >= 11 is 0. The van der Waals surface area contributed by atoms with Crippen molar-refractivity contribution in [2.75, 3.05) is 20.6 Å². The predicted octanol–water partition coefficient (Wildman–Crippen LogP) is 5.37. The van der Waals surface area contributed by atoms with Gasteiger partial charge in [0.25, 0.3) is 0 Å². The lowest BCUT2D eigenvalue weighted by molar-refractivity contribution is -0.138. The molecule has 1 N–H and O–H groups in total. The Hall–Kier alpha value is -2.08. The first-order valence-corrected chi connectivity index (χ1v) is 12.0. The van der Waals surface area contributed by atoms with Crippen LogP contribution in [0.1, 0.15) is 78.2 Å². The highest BCUT2D eigenvalue weighted by molar-refractivity contribution is 5.83. The number of esters is 1. The highest BCUT2D eigenvalue weighted by Crippen LogP contribution is 2.39. The van der Waals surface area contributed by atoms with E-state index in [0.29, 0.717) is 17.6 Å². The minimum atomic E-state index is -0.769. The van der Waals surface area contributed by atoms with Crippen LogP contribution in [-0.2, 0) is 9.53 Å². The number of carbonyl (C=O) groups excluding carboxylic acids is 2. The largest absolute Gasteiger partial charge is 0.444 e. The maximum Gasteiger partial charge on any atom is 0.408 e. The minimum Gasteiger partial charge on any atom is -0.444 e. The van der Waals surface area contributed by atoms with Crippen LogP contribution in [0.3, 0.4) is 0 Å². The number of carbonyl (C=O) groups is 2. The molecule has 1 aromatic carbocycles. The molecule has 0 aromatic heterocycles. The first kappa shape index (κ1) is 26.2. The Bertz CT molecular complexity index is 756. The van der Waals surface area contributed by atoms with E-state index in [0.717, 1.165) is 19.4 Å². The predicted molar refractivity (Wildman–Crippen MR) is 128 cm³/mol. The molecule has 32 heavy (non-hydrogen) atoms. The van der Waals surface area contributed by atoms with Gasteiger partial charge >= 0.3 is 12.1 Å². The number of ether oxygens (including phenoxy) is 2. The van der Waals surface area contributed by atoms with Crippen LogP contribution in [0.25, 0.3) is 0 Å². The van der Waals surface area contributed by atoms with E-state index in [9.17, 15) is 9.59 Å². The lowest BCUT2D eigenvalue weighted by Gasteiger charge is -2.34.